The van der Waals surface area contributed by atoms with Crippen molar-refractivity contribution >= 4 is 16.9 Å². The molecule has 1 N–H and O–H groups in total. The first kappa shape index (κ1) is 16.6. The summed E-state index contributed by atoms with van der Waals surface area (Å²) in [5.74, 6) is -1.32. The van der Waals surface area contributed by atoms with Gasteiger partial charge in [0.05, 0.1) is 22.3 Å². The Balaban J connectivity index is 1.82. The number of hydrogen-bond acceptors (Lipinski definition) is 4. The highest BCUT2D eigenvalue weighted by molar-refractivity contribution is 5.81. The second-order valence-corrected chi connectivity index (χ2v) is 6.41. The van der Waals surface area contributed by atoms with Crippen molar-refractivity contribution in [3.8, 4) is 11.4 Å². The number of amides is 1. The molecule has 1 amide bonds. The Morgan fingerprint density at radius 1 is 1.31 bits per heavy atom. The molecule has 8 heteroatoms. The number of hydrogen-bond donors (Lipinski definition) is 1. The van der Waals surface area contributed by atoms with E-state index in [9.17, 15) is 13.6 Å². The quantitative estimate of drug-likeness (QED) is 0.762. The third-order valence-electron chi connectivity index (χ3n) is 4.41. The van der Waals surface area contributed by atoms with Crippen LogP contribution in [0.4, 0.5) is 8.78 Å². The molecule has 26 heavy (non-hydrogen) atoms. The smallest absolute Gasteiger partial charge is 0.216 e. The highest BCUT2D eigenvalue weighted by Gasteiger charge is 2.30. The fourth-order valence-corrected chi connectivity index (χ4v) is 3.08. The zero-order valence-corrected chi connectivity index (χ0v) is 14.2. The molecular formula is C18H17F2N5O. The maximum atomic E-state index is 13.8. The van der Waals surface area contributed by atoms with E-state index >= 15 is 0 Å². The van der Waals surface area contributed by atoms with Gasteiger partial charge in [-0.1, -0.05) is 0 Å². The van der Waals surface area contributed by atoms with Gasteiger partial charge in [0.25, 0.3) is 0 Å². The van der Waals surface area contributed by atoms with Gasteiger partial charge in [0.1, 0.15) is 12.2 Å². The molecule has 2 aromatic heterocycles. The number of rotatable bonds is 5. The number of carbonyl (C=O) groups is 1. The first-order valence-corrected chi connectivity index (χ1v) is 8.45. The van der Waals surface area contributed by atoms with Crippen LogP contribution in [0.3, 0.4) is 0 Å². The molecule has 3 aromatic rings. The monoisotopic (exact) mass is 357 g/mol. The normalized spacial score (nSPS) is 14.0. The van der Waals surface area contributed by atoms with Crippen LogP contribution in [0.25, 0.3) is 22.4 Å². The fourth-order valence-electron chi connectivity index (χ4n) is 3.08. The minimum atomic E-state index is -0.917. The molecule has 0 radical (unpaired) electrons. The summed E-state index contributed by atoms with van der Waals surface area (Å²) in [5.41, 5.74) is 2.41. The van der Waals surface area contributed by atoms with Gasteiger partial charge in [0.15, 0.2) is 11.6 Å². The highest BCUT2D eigenvalue weighted by Crippen LogP contribution is 2.41. The summed E-state index contributed by atoms with van der Waals surface area (Å²) in [7, 11) is 0. The summed E-state index contributed by atoms with van der Waals surface area (Å²) < 4.78 is 29.3. The SMILES string of the molecule is CC(=O)NCCc1ncncc1-c1nc2cc(F)c(F)cc2n1C1CC1. The molecular weight excluding hydrogens is 340 g/mol. The van der Waals surface area contributed by atoms with E-state index in [1.807, 2.05) is 4.57 Å². The Labute approximate surface area is 148 Å². The number of nitrogens with one attached hydrogen (secondary N) is 1. The van der Waals surface area contributed by atoms with Gasteiger partial charge in [0.2, 0.25) is 5.91 Å². The van der Waals surface area contributed by atoms with Gasteiger partial charge >= 0.3 is 0 Å². The lowest BCUT2D eigenvalue weighted by molar-refractivity contribution is -0.118. The average Bonchev–Trinajstić information content (AvgIpc) is 3.38. The summed E-state index contributed by atoms with van der Waals surface area (Å²) in [6.07, 6.45) is 5.53. The summed E-state index contributed by atoms with van der Waals surface area (Å²) in [6, 6.07) is 2.52. The fraction of sp³-hybridized carbons (Fsp3) is 0.333. The predicted octanol–water partition coefficient (Wildman–Crippen LogP) is 2.79. The molecule has 134 valence electrons. The van der Waals surface area contributed by atoms with E-state index in [0.717, 1.165) is 24.6 Å². The van der Waals surface area contributed by atoms with Crippen LogP contribution in [0.15, 0.2) is 24.7 Å². The van der Waals surface area contributed by atoms with Crippen LogP contribution in [0.2, 0.25) is 0 Å². The van der Waals surface area contributed by atoms with E-state index in [1.54, 1.807) is 6.20 Å². The van der Waals surface area contributed by atoms with Crippen molar-refractivity contribution in [3.63, 3.8) is 0 Å². The topological polar surface area (TPSA) is 72.7 Å². The lowest BCUT2D eigenvalue weighted by Gasteiger charge is -2.11. The van der Waals surface area contributed by atoms with Crippen LogP contribution in [0, 0.1) is 11.6 Å². The molecule has 0 aliphatic heterocycles. The van der Waals surface area contributed by atoms with Crippen molar-refractivity contribution in [3.05, 3.63) is 42.0 Å². The van der Waals surface area contributed by atoms with E-state index in [1.165, 1.54) is 19.3 Å². The number of halogens is 2. The van der Waals surface area contributed by atoms with Crippen LogP contribution in [0.5, 0.6) is 0 Å². The molecule has 0 atom stereocenters. The maximum Gasteiger partial charge on any atom is 0.216 e. The molecule has 0 spiro atoms. The highest BCUT2D eigenvalue weighted by atomic mass is 19.2. The molecule has 0 unspecified atom stereocenters. The van der Waals surface area contributed by atoms with Gasteiger partial charge in [-0.25, -0.2) is 23.7 Å². The zero-order chi connectivity index (χ0) is 18.3. The van der Waals surface area contributed by atoms with E-state index in [-0.39, 0.29) is 11.9 Å². The first-order valence-electron chi connectivity index (χ1n) is 8.45. The van der Waals surface area contributed by atoms with Crippen LogP contribution >= 0.6 is 0 Å². The van der Waals surface area contributed by atoms with Gasteiger partial charge in [-0.05, 0) is 12.8 Å². The van der Waals surface area contributed by atoms with Gasteiger partial charge in [0, 0.05) is 44.3 Å². The Hall–Kier alpha value is -2.90. The van der Waals surface area contributed by atoms with Crippen molar-refractivity contribution in [1.29, 1.82) is 0 Å². The lowest BCUT2D eigenvalue weighted by atomic mass is 10.1. The molecule has 1 saturated carbocycles. The molecule has 1 aliphatic carbocycles. The average molecular weight is 357 g/mol. The lowest BCUT2D eigenvalue weighted by Crippen LogP contribution is -2.23. The van der Waals surface area contributed by atoms with E-state index in [2.05, 4.69) is 20.3 Å². The standard InChI is InChI=1S/C18H17F2N5O/c1-10(26)22-5-4-15-12(8-21-9-23-15)18-24-16-6-13(19)14(20)7-17(16)25(18)11-2-3-11/h6-9,11H,2-5H2,1H3,(H,22,26). The molecule has 1 fully saturated rings. The first-order chi connectivity index (χ1) is 12.5. The Morgan fingerprint density at radius 3 is 2.81 bits per heavy atom. The van der Waals surface area contributed by atoms with Crippen molar-refractivity contribution < 1.29 is 13.6 Å². The second kappa shape index (κ2) is 6.44. The number of carbonyl (C=O) groups excluding carboxylic acids is 1. The molecule has 0 saturated heterocycles. The third kappa shape index (κ3) is 3.02. The second-order valence-electron chi connectivity index (χ2n) is 6.41. The molecule has 6 nitrogen and oxygen atoms in total. The summed E-state index contributed by atoms with van der Waals surface area (Å²) >= 11 is 0. The Morgan fingerprint density at radius 2 is 2.08 bits per heavy atom. The van der Waals surface area contributed by atoms with Crippen molar-refractivity contribution in [1.82, 2.24) is 24.8 Å². The number of nitrogens with zero attached hydrogens (tertiary/aromatic N) is 4. The van der Waals surface area contributed by atoms with Crippen LogP contribution in [-0.4, -0.2) is 32.0 Å². The molecule has 1 aliphatic rings. The molecule has 2 heterocycles. The van der Waals surface area contributed by atoms with Crippen LogP contribution in [-0.2, 0) is 11.2 Å². The van der Waals surface area contributed by atoms with Gasteiger partial charge in [-0.3, -0.25) is 4.79 Å². The van der Waals surface area contributed by atoms with Crippen molar-refractivity contribution in [2.24, 2.45) is 0 Å². The van der Waals surface area contributed by atoms with Crippen molar-refractivity contribution in [2.75, 3.05) is 6.54 Å². The van der Waals surface area contributed by atoms with Crippen molar-refractivity contribution in [2.45, 2.75) is 32.2 Å². The third-order valence-corrected chi connectivity index (χ3v) is 4.41. The molecule has 0 bridgehead atoms. The van der Waals surface area contributed by atoms with E-state index in [0.29, 0.717) is 35.4 Å². The summed E-state index contributed by atoms with van der Waals surface area (Å²) in [4.78, 5) is 24.0. The van der Waals surface area contributed by atoms with Gasteiger partial charge in [-0.15, -0.1) is 0 Å². The number of fused-ring (bicyclic) bond motifs is 1. The Kier molecular flexibility index (Phi) is 4.10. The van der Waals surface area contributed by atoms with E-state index in [4.69, 9.17) is 0 Å². The maximum absolute atomic E-state index is 13.8. The number of benzene rings is 1. The molecule has 4 rings (SSSR count). The minimum Gasteiger partial charge on any atom is -0.356 e. The molecule has 1 aromatic carbocycles. The van der Waals surface area contributed by atoms with Gasteiger partial charge in [-0.2, -0.15) is 0 Å². The number of aromatic nitrogens is 4. The Bertz CT molecular complexity index is 997. The van der Waals surface area contributed by atoms with E-state index < -0.39 is 11.6 Å². The zero-order valence-electron chi connectivity index (χ0n) is 14.2. The number of imidazole rings is 1. The minimum absolute atomic E-state index is 0.114. The predicted molar refractivity (Wildman–Crippen MR) is 91.3 cm³/mol. The van der Waals surface area contributed by atoms with Crippen LogP contribution in [0.1, 0.15) is 31.5 Å². The van der Waals surface area contributed by atoms with Crippen LogP contribution < -0.4 is 5.32 Å². The largest absolute Gasteiger partial charge is 0.356 e. The van der Waals surface area contributed by atoms with Gasteiger partial charge < -0.3 is 9.88 Å². The summed E-state index contributed by atoms with van der Waals surface area (Å²) in [5, 5.41) is 2.74. The summed E-state index contributed by atoms with van der Waals surface area (Å²) in [6.45, 7) is 1.89.